The van der Waals surface area contributed by atoms with Crippen molar-refractivity contribution in [3.63, 3.8) is 0 Å². The van der Waals surface area contributed by atoms with Gasteiger partial charge in [0.15, 0.2) is 5.82 Å². The summed E-state index contributed by atoms with van der Waals surface area (Å²) in [5, 5.41) is 17.3. The van der Waals surface area contributed by atoms with E-state index in [1.54, 1.807) is 23.9 Å². The van der Waals surface area contributed by atoms with E-state index in [0.717, 1.165) is 5.69 Å². The Labute approximate surface area is 138 Å². The maximum Gasteiger partial charge on any atom is 0.248 e. The van der Waals surface area contributed by atoms with E-state index >= 15 is 0 Å². The number of nitrogens with one attached hydrogen (secondary N) is 1. The summed E-state index contributed by atoms with van der Waals surface area (Å²) in [5.74, 6) is -1.72. The molecule has 2 N–H and O–H groups in total. The fourth-order valence-electron chi connectivity index (χ4n) is 2.76. The van der Waals surface area contributed by atoms with E-state index in [9.17, 15) is 13.9 Å². The molecule has 1 aliphatic rings. The number of halogens is 2. The highest BCUT2D eigenvalue weighted by Crippen LogP contribution is 2.34. The second kappa shape index (κ2) is 6.43. The second-order valence-corrected chi connectivity index (χ2v) is 6.33. The van der Waals surface area contributed by atoms with Crippen LogP contribution in [0.15, 0.2) is 18.3 Å². The number of anilines is 1. The number of aryl methyl sites for hydroxylation is 1. The van der Waals surface area contributed by atoms with Crippen LogP contribution in [0.4, 0.5) is 14.7 Å². The third-order valence-corrected chi connectivity index (χ3v) is 4.17. The van der Waals surface area contributed by atoms with Gasteiger partial charge in [0.1, 0.15) is 0 Å². The molecule has 0 aliphatic heterocycles. The molecule has 0 amide bonds. The molecule has 1 unspecified atom stereocenters. The summed E-state index contributed by atoms with van der Waals surface area (Å²) in [6.07, 6.45) is 1.48. The van der Waals surface area contributed by atoms with Crippen LogP contribution in [0.1, 0.15) is 50.1 Å². The van der Waals surface area contributed by atoms with Crippen LogP contribution in [-0.4, -0.2) is 36.8 Å². The number of rotatable bonds is 4. The molecule has 2 aromatic heterocycles. The number of hydrogen-bond donors (Lipinski definition) is 2. The minimum atomic E-state index is -2.57. The Bertz CT molecular complexity index is 706. The Morgan fingerprint density at radius 1 is 1.33 bits per heavy atom. The van der Waals surface area contributed by atoms with Gasteiger partial charge in [-0.2, -0.15) is 10.1 Å². The van der Waals surface area contributed by atoms with Crippen LogP contribution in [0, 0.1) is 6.92 Å². The summed E-state index contributed by atoms with van der Waals surface area (Å²) in [6, 6.07) is 3.42. The molecule has 0 aromatic carbocycles. The van der Waals surface area contributed by atoms with Crippen molar-refractivity contribution < 1.29 is 13.9 Å². The zero-order valence-corrected chi connectivity index (χ0v) is 13.7. The lowest BCUT2D eigenvalue weighted by atomic mass is 9.92. The summed E-state index contributed by atoms with van der Waals surface area (Å²) in [7, 11) is 0. The highest BCUT2D eigenvalue weighted by Gasteiger charge is 2.35. The SMILES string of the molecule is Cc1ccn(-c2cc(C(C)O)nc(NC3CCC(F)(F)CC3)n2)n1. The lowest BCUT2D eigenvalue weighted by Gasteiger charge is -2.29. The van der Waals surface area contributed by atoms with Gasteiger partial charge in [0, 0.05) is 31.1 Å². The normalized spacial score (nSPS) is 19.2. The van der Waals surface area contributed by atoms with Crippen LogP contribution in [0.3, 0.4) is 0 Å². The topological polar surface area (TPSA) is 75.9 Å². The van der Waals surface area contributed by atoms with Gasteiger partial charge in [-0.3, -0.25) is 0 Å². The van der Waals surface area contributed by atoms with E-state index in [-0.39, 0.29) is 18.9 Å². The lowest BCUT2D eigenvalue weighted by Crippen LogP contribution is -2.32. The van der Waals surface area contributed by atoms with Gasteiger partial charge in [0.2, 0.25) is 11.9 Å². The number of alkyl halides is 2. The highest BCUT2D eigenvalue weighted by atomic mass is 19.3. The van der Waals surface area contributed by atoms with Gasteiger partial charge in [-0.1, -0.05) is 0 Å². The van der Waals surface area contributed by atoms with E-state index in [4.69, 9.17) is 0 Å². The number of aromatic nitrogens is 4. The quantitative estimate of drug-likeness (QED) is 0.897. The molecule has 0 spiro atoms. The minimum Gasteiger partial charge on any atom is -0.387 e. The van der Waals surface area contributed by atoms with E-state index in [1.165, 1.54) is 0 Å². The Kier molecular flexibility index (Phi) is 4.49. The predicted octanol–water partition coefficient (Wildman–Crippen LogP) is 3.01. The molecule has 0 saturated heterocycles. The molecule has 8 heteroatoms. The van der Waals surface area contributed by atoms with E-state index < -0.39 is 12.0 Å². The Morgan fingerprint density at radius 3 is 2.62 bits per heavy atom. The number of hydrogen-bond acceptors (Lipinski definition) is 5. The molecule has 0 bridgehead atoms. The average molecular weight is 337 g/mol. The van der Waals surface area contributed by atoms with E-state index in [2.05, 4.69) is 20.4 Å². The van der Waals surface area contributed by atoms with Gasteiger partial charge in [-0.25, -0.2) is 18.4 Å². The van der Waals surface area contributed by atoms with Crippen LogP contribution < -0.4 is 5.32 Å². The van der Waals surface area contributed by atoms with Crippen LogP contribution in [0.5, 0.6) is 0 Å². The molecule has 2 heterocycles. The minimum absolute atomic E-state index is 0.0962. The monoisotopic (exact) mass is 337 g/mol. The fraction of sp³-hybridized carbons (Fsp3) is 0.562. The van der Waals surface area contributed by atoms with Crippen molar-refractivity contribution in [3.05, 3.63) is 29.7 Å². The lowest BCUT2D eigenvalue weighted by molar-refractivity contribution is -0.0361. The van der Waals surface area contributed by atoms with Crippen molar-refractivity contribution in [2.75, 3.05) is 5.32 Å². The number of aliphatic hydroxyl groups is 1. The van der Waals surface area contributed by atoms with Crippen molar-refractivity contribution in [3.8, 4) is 5.82 Å². The largest absolute Gasteiger partial charge is 0.387 e. The zero-order chi connectivity index (χ0) is 17.3. The fourth-order valence-corrected chi connectivity index (χ4v) is 2.76. The van der Waals surface area contributed by atoms with Gasteiger partial charge in [0.05, 0.1) is 17.5 Å². The summed E-state index contributed by atoms with van der Waals surface area (Å²) >= 11 is 0. The predicted molar refractivity (Wildman–Crippen MR) is 85.4 cm³/mol. The van der Waals surface area contributed by atoms with Crippen molar-refractivity contribution in [1.29, 1.82) is 0 Å². The Balaban J connectivity index is 1.83. The van der Waals surface area contributed by atoms with Crippen LogP contribution in [0.2, 0.25) is 0 Å². The number of nitrogens with zero attached hydrogens (tertiary/aromatic N) is 4. The first-order chi connectivity index (χ1) is 11.3. The molecule has 3 rings (SSSR count). The molecule has 0 radical (unpaired) electrons. The van der Waals surface area contributed by atoms with Gasteiger partial charge in [0.25, 0.3) is 0 Å². The van der Waals surface area contributed by atoms with Gasteiger partial charge < -0.3 is 10.4 Å². The van der Waals surface area contributed by atoms with Crippen LogP contribution in [0.25, 0.3) is 5.82 Å². The Morgan fingerprint density at radius 2 is 2.04 bits per heavy atom. The van der Waals surface area contributed by atoms with Gasteiger partial charge >= 0.3 is 0 Å². The van der Waals surface area contributed by atoms with Crippen LogP contribution >= 0.6 is 0 Å². The summed E-state index contributed by atoms with van der Waals surface area (Å²) in [6.45, 7) is 3.49. The van der Waals surface area contributed by atoms with Gasteiger partial charge in [-0.15, -0.1) is 0 Å². The average Bonchev–Trinajstić information content (AvgIpc) is 2.96. The third kappa shape index (κ3) is 3.87. The Hall–Kier alpha value is -2.09. The molecule has 6 nitrogen and oxygen atoms in total. The maximum atomic E-state index is 13.3. The molecule has 2 aromatic rings. The summed E-state index contributed by atoms with van der Waals surface area (Å²) in [4.78, 5) is 8.70. The van der Waals surface area contributed by atoms with Gasteiger partial charge in [-0.05, 0) is 32.8 Å². The second-order valence-electron chi connectivity index (χ2n) is 6.33. The first-order valence-corrected chi connectivity index (χ1v) is 8.06. The molecular weight excluding hydrogens is 316 g/mol. The third-order valence-electron chi connectivity index (χ3n) is 4.17. The molecule has 1 fully saturated rings. The van der Waals surface area contributed by atoms with E-state index in [1.807, 2.05) is 13.0 Å². The smallest absolute Gasteiger partial charge is 0.248 e. The first kappa shape index (κ1) is 16.8. The van der Waals surface area contributed by atoms with Crippen molar-refractivity contribution in [1.82, 2.24) is 19.7 Å². The molecule has 1 saturated carbocycles. The molecule has 1 aliphatic carbocycles. The maximum absolute atomic E-state index is 13.3. The van der Waals surface area contributed by atoms with Crippen molar-refractivity contribution >= 4 is 5.95 Å². The summed E-state index contributed by atoms with van der Waals surface area (Å²) < 4.78 is 28.1. The molecular formula is C16H21F2N5O. The number of aliphatic hydroxyl groups excluding tert-OH is 1. The summed E-state index contributed by atoms with van der Waals surface area (Å²) in [5.41, 5.74) is 1.30. The van der Waals surface area contributed by atoms with E-state index in [0.29, 0.717) is 30.3 Å². The van der Waals surface area contributed by atoms with Crippen molar-refractivity contribution in [2.45, 2.75) is 57.6 Å². The molecule has 1 atom stereocenters. The van der Waals surface area contributed by atoms with Crippen molar-refractivity contribution in [2.24, 2.45) is 0 Å². The molecule has 130 valence electrons. The zero-order valence-electron chi connectivity index (χ0n) is 13.7. The van der Waals surface area contributed by atoms with Crippen LogP contribution in [-0.2, 0) is 0 Å². The highest BCUT2D eigenvalue weighted by molar-refractivity contribution is 5.36. The molecule has 24 heavy (non-hydrogen) atoms. The first-order valence-electron chi connectivity index (χ1n) is 8.06. The standard InChI is InChI=1S/C16H21F2N5O/c1-10-5-8-23(22-10)14-9-13(11(2)24)20-15(21-14)19-12-3-6-16(17,18)7-4-12/h5,8-9,11-12,24H,3-4,6-7H2,1-2H3,(H,19,20,21).